The van der Waals surface area contributed by atoms with Crippen molar-refractivity contribution >= 4 is 27.7 Å². The molecule has 1 aliphatic carbocycles. The van der Waals surface area contributed by atoms with Gasteiger partial charge in [-0.3, -0.25) is 19.2 Å². The maximum Gasteiger partial charge on any atom is 0.259 e. The monoisotopic (exact) mass is 449 g/mol. The van der Waals surface area contributed by atoms with E-state index < -0.39 is 0 Å². The molecule has 0 radical (unpaired) electrons. The minimum Gasteiger partial charge on any atom is -0.382 e. The van der Waals surface area contributed by atoms with Crippen LogP contribution in [-0.2, 0) is 11.2 Å². The Balaban J connectivity index is 1.34. The number of aromatic amines is 1. The predicted molar refractivity (Wildman–Crippen MR) is 127 cm³/mol. The Labute approximate surface area is 192 Å². The van der Waals surface area contributed by atoms with Crippen molar-refractivity contribution in [2.24, 2.45) is 0 Å². The quantitative estimate of drug-likeness (QED) is 0.585. The molecular formula is C25H31N5O3. The predicted octanol–water partition coefficient (Wildman–Crippen LogP) is 2.71. The number of pyridine rings is 1. The number of aromatic nitrogens is 3. The molecule has 3 aliphatic rings. The van der Waals surface area contributed by atoms with Gasteiger partial charge in [0.2, 0.25) is 0 Å². The highest BCUT2D eigenvalue weighted by atomic mass is 16.5. The Kier molecular flexibility index (Phi) is 5.22. The number of ether oxygens (including phenoxy) is 1. The number of rotatable bonds is 6. The first kappa shape index (κ1) is 20.9. The fourth-order valence-electron chi connectivity index (χ4n) is 5.71. The van der Waals surface area contributed by atoms with Crippen molar-refractivity contribution < 1.29 is 9.53 Å². The smallest absolute Gasteiger partial charge is 0.259 e. The lowest BCUT2D eigenvalue weighted by Gasteiger charge is -2.44. The van der Waals surface area contributed by atoms with E-state index in [1.165, 1.54) is 6.42 Å². The molecule has 2 fully saturated rings. The summed E-state index contributed by atoms with van der Waals surface area (Å²) in [5, 5.41) is 6.09. The summed E-state index contributed by atoms with van der Waals surface area (Å²) < 4.78 is 7.49. The molecule has 1 saturated heterocycles. The first-order valence-electron chi connectivity index (χ1n) is 12.3. The molecule has 1 saturated carbocycles. The van der Waals surface area contributed by atoms with E-state index in [0.717, 1.165) is 92.6 Å². The third-order valence-corrected chi connectivity index (χ3v) is 7.69. The number of carbonyl (C=O) groups is 1. The molecule has 174 valence electrons. The van der Waals surface area contributed by atoms with Crippen LogP contribution in [0.1, 0.15) is 54.6 Å². The van der Waals surface area contributed by atoms with Gasteiger partial charge in [0.1, 0.15) is 0 Å². The van der Waals surface area contributed by atoms with Crippen LogP contribution in [0.15, 0.2) is 23.1 Å². The summed E-state index contributed by atoms with van der Waals surface area (Å²) in [4.78, 5) is 33.9. The third kappa shape index (κ3) is 3.47. The van der Waals surface area contributed by atoms with Gasteiger partial charge in [0, 0.05) is 56.4 Å². The van der Waals surface area contributed by atoms with Crippen LogP contribution in [0.3, 0.4) is 0 Å². The maximum atomic E-state index is 13.5. The van der Waals surface area contributed by atoms with Crippen LogP contribution in [0, 0.1) is 0 Å². The fraction of sp³-hybridized carbons (Fsp3) is 0.560. The minimum absolute atomic E-state index is 0.107. The van der Waals surface area contributed by atoms with Crippen molar-refractivity contribution in [2.45, 2.75) is 51.1 Å². The first-order chi connectivity index (χ1) is 16.1. The lowest BCUT2D eigenvalue weighted by atomic mass is 9.89. The lowest BCUT2D eigenvalue weighted by molar-refractivity contribution is 0.0391. The van der Waals surface area contributed by atoms with Crippen molar-refractivity contribution in [3.05, 3.63) is 39.8 Å². The summed E-state index contributed by atoms with van der Waals surface area (Å²) >= 11 is 0. The molecule has 1 aromatic carbocycles. The Bertz CT molecular complexity index is 1270. The summed E-state index contributed by atoms with van der Waals surface area (Å²) in [5.74, 6) is 0.117. The first-order valence-corrected chi connectivity index (χ1v) is 12.3. The number of H-pyrrole nitrogens is 1. The molecule has 2 aliphatic heterocycles. The molecule has 1 unspecified atom stereocenters. The number of amides is 1. The van der Waals surface area contributed by atoms with E-state index in [-0.39, 0.29) is 17.5 Å². The second kappa shape index (κ2) is 8.25. The number of carbonyl (C=O) groups excluding carboxylic acids is 1. The van der Waals surface area contributed by atoms with E-state index in [4.69, 9.17) is 4.74 Å². The molecule has 0 bridgehead atoms. The SMILES string of the molecule is CCOCCCN1CCN2C(=O)c3cc4c(cc3CC2C1)[nH]c(=O)c1cnn(C2CCC2)c14. The van der Waals surface area contributed by atoms with Crippen molar-refractivity contribution in [3.8, 4) is 0 Å². The zero-order chi connectivity index (χ0) is 22.5. The van der Waals surface area contributed by atoms with Gasteiger partial charge in [-0.2, -0.15) is 5.10 Å². The van der Waals surface area contributed by atoms with Gasteiger partial charge in [0.25, 0.3) is 11.5 Å². The highest BCUT2D eigenvalue weighted by Gasteiger charge is 2.36. The second-order valence-corrected chi connectivity index (χ2v) is 9.65. The largest absolute Gasteiger partial charge is 0.382 e. The number of benzene rings is 1. The fourth-order valence-corrected chi connectivity index (χ4v) is 5.71. The highest BCUT2D eigenvalue weighted by molar-refractivity contribution is 6.08. The van der Waals surface area contributed by atoms with Crippen LogP contribution < -0.4 is 5.56 Å². The van der Waals surface area contributed by atoms with E-state index >= 15 is 0 Å². The van der Waals surface area contributed by atoms with Crippen LogP contribution >= 0.6 is 0 Å². The van der Waals surface area contributed by atoms with Crippen LogP contribution in [0.4, 0.5) is 0 Å². The van der Waals surface area contributed by atoms with Crippen molar-refractivity contribution in [1.29, 1.82) is 0 Å². The summed E-state index contributed by atoms with van der Waals surface area (Å²) in [6.07, 6.45) is 6.88. The Hall–Kier alpha value is -2.71. The second-order valence-electron chi connectivity index (χ2n) is 9.65. The van der Waals surface area contributed by atoms with Gasteiger partial charge in [0.05, 0.1) is 28.7 Å². The average molecular weight is 450 g/mol. The number of piperazine rings is 1. The average Bonchev–Trinajstić information content (AvgIpc) is 3.20. The topological polar surface area (TPSA) is 83.5 Å². The summed E-state index contributed by atoms with van der Waals surface area (Å²) in [6.45, 7) is 7.12. The van der Waals surface area contributed by atoms with E-state index in [2.05, 4.69) is 19.9 Å². The molecule has 8 nitrogen and oxygen atoms in total. The summed E-state index contributed by atoms with van der Waals surface area (Å²) in [5.41, 5.74) is 3.38. The zero-order valence-electron chi connectivity index (χ0n) is 19.2. The van der Waals surface area contributed by atoms with Gasteiger partial charge < -0.3 is 14.6 Å². The number of fused-ring (bicyclic) bond motifs is 5. The molecule has 1 N–H and O–H groups in total. The van der Waals surface area contributed by atoms with Crippen LogP contribution in [-0.4, -0.2) is 75.9 Å². The van der Waals surface area contributed by atoms with Gasteiger partial charge in [-0.05, 0) is 56.7 Å². The molecule has 2 aromatic heterocycles. The molecule has 8 heteroatoms. The van der Waals surface area contributed by atoms with Gasteiger partial charge in [-0.25, -0.2) is 0 Å². The van der Waals surface area contributed by atoms with Crippen molar-refractivity contribution in [1.82, 2.24) is 24.6 Å². The Morgan fingerprint density at radius 2 is 2.03 bits per heavy atom. The van der Waals surface area contributed by atoms with E-state index in [9.17, 15) is 9.59 Å². The maximum absolute atomic E-state index is 13.5. The Morgan fingerprint density at radius 3 is 2.82 bits per heavy atom. The molecule has 1 atom stereocenters. The number of nitrogens with one attached hydrogen (secondary N) is 1. The number of hydrogen-bond acceptors (Lipinski definition) is 5. The lowest BCUT2D eigenvalue weighted by Crippen LogP contribution is -2.58. The molecule has 4 heterocycles. The van der Waals surface area contributed by atoms with Crippen molar-refractivity contribution in [3.63, 3.8) is 0 Å². The van der Waals surface area contributed by atoms with Gasteiger partial charge in [0.15, 0.2) is 0 Å². The normalized spacial score (nSPS) is 21.4. The molecular weight excluding hydrogens is 418 g/mol. The van der Waals surface area contributed by atoms with Crippen LogP contribution in [0.25, 0.3) is 21.8 Å². The van der Waals surface area contributed by atoms with Gasteiger partial charge in [-0.15, -0.1) is 0 Å². The molecule has 3 aromatic rings. The minimum atomic E-state index is -0.107. The Morgan fingerprint density at radius 1 is 1.15 bits per heavy atom. The highest BCUT2D eigenvalue weighted by Crippen LogP contribution is 2.36. The number of nitrogens with zero attached hydrogens (tertiary/aromatic N) is 4. The molecule has 0 spiro atoms. The van der Waals surface area contributed by atoms with E-state index in [1.54, 1.807) is 6.20 Å². The van der Waals surface area contributed by atoms with E-state index in [0.29, 0.717) is 11.4 Å². The molecule has 6 rings (SSSR count). The molecule has 33 heavy (non-hydrogen) atoms. The summed E-state index contributed by atoms with van der Waals surface area (Å²) in [7, 11) is 0. The van der Waals surface area contributed by atoms with E-state index in [1.807, 2.05) is 23.7 Å². The van der Waals surface area contributed by atoms with Gasteiger partial charge >= 0.3 is 0 Å². The van der Waals surface area contributed by atoms with Gasteiger partial charge in [-0.1, -0.05) is 0 Å². The van der Waals surface area contributed by atoms with Crippen LogP contribution in [0.2, 0.25) is 0 Å². The summed E-state index contributed by atoms with van der Waals surface area (Å²) in [6, 6.07) is 4.57. The van der Waals surface area contributed by atoms with Crippen LogP contribution in [0.5, 0.6) is 0 Å². The third-order valence-electron chi connectivity index (χ3n) is 7.69. The zero-order valence-corrected chi connectivity index (χ0v) is 19.2. The number of hydrogen-bond donors (Lipinski definition) is 1. The standard InChI is InChI=1S/C25H31N5O3/c1-2-33-10-4-7-28-8-9-29-18(15-28)11-16-12-22-20(13-19(16)25(29)32)23-21(24(31)27-22)14-26-30(23)17-5-3-6-17/h12-14,17-18H,2-11,15H2,1H3,(H,27,31). The van der Waals surface area contributed by atoms with Crippen molar-refractivity contribution in [2.75, 3.05) is 39.4 Å². The molecule has 1 amide bonds.